The number of nitrogens with two attached hydrogens (primary N) is 1. The largest absolute Gasteiger partial charge is 0.348 e. The quantitative estimate of drug-likeness (QED) is 0.861. The van der Waals surface area contributed by atoms with Gasteiger partial charge in [0.1, 0.15) is 5.01 Å². The monoisotopic (exact) mass is 247 g/mol. The highest BCUT2D eigenvalue weighted by molar-refractivity contribution is 7.18. The standard InChI is InChI=1S/C12H13N3OS/c13-12(5-6-12)11(16)14-7-10-15-8-3-1-2-4-9(8)17-10/h1-4H,5-7,13H2,(H,14,16). The van der Waals surface area contributed by atoms with E-state index in [0.29, 0.717) is 6.54 Å². The van der Waals surface area contributed by atoms with Crippen molar-refractivity contribution in [2.45, 2.75) is 24.9 Å². The summed E-state index contributed by atoms with van der Waals surface area (Å²) in [5.74, 6) is -0.0586. The average molecular weight is 247 g/mol. The molecular weight excluding hydrogens is 234 g/mol. The highest BCUT2D eigenvalue weighted by atomic mass is 32.1. The maximum Gasteiger partial charge on any atom is 0.240 e. The van der Waals surface area contributed by atoms with Crippen molar-refractivity contribution >= 4 is 27.5 Å². The number of aromatic nitrogens is 1. The Bertz CT molecular complexity index is 541. The van der Waals surface area contributed by atoms with Crippen molar-refractivity contribution in [1.29, 1.82) is 0 Å². The van der Waals surface area contributed by atoms with Crippen molar-refractivity contribution in [3.63, 3.8) is 0 Å². The maximum atomic E-state index is 11.7. The summed E-state index contributed by atoms with van der Waals surface area (Å²) in [7, 11) is 0. The number of carbonyl (C=O) groups is 1. The molecule has 1 aliphatic rings. The molecule has 1 aromatic carbocycles. The molecule has 1 heterocycles. The van der Waals surface area contributed by atoms with E-state index in [9.17, 15) is 4.79 Å². The second-order valence-electron chi connectivity index (χ2n) is 4.41. The number of benzene rings is 1. The van der Waals surface area contributed by atoms with Gasteiger partial charge in [0.05, 0.1) is 22.3 Å². The fourth-order valence-electron chi connectivity index (χ4n) is 1.69. The highest BCUT2D eigenvalue weighted by Crippen LogP contribution is 2.32. The van der Waals surface area contributed by atoms with Gasteiger partial charge in [0.2, 0.25) is 5.91 Å². The van der Waals surface area contributed by atoms with Crippen molar-refractivity contribution in [2.24, 2.45) is 5.73 Å². The van der Waals surface area contributed by atoms with Crippen LogP contribution in [0.2, 0.25) is 0 Å². The summed E-state index contributed by atoms with van der Waals surface area (Å²) >= 11 is 1.60. The minimum atomic E-state index is -0.601. The number of fused-ring (bicyclic) bond motifs is 1. The van der Waals surface area contributed by atoms with Gasteiger partial charge in [0.15, 0.2) is 0 Å². The van der Waals surface area contributed by atoms with Crippen LogP contribution in [0, 0.1) is 0 Å². The van der Waals surface area contributed by atoms with Gasteiger partial charge in [0.25, 0.3) is 0 Å². The molecule has 1 saturated carbocycles. The molecule has 0 saturated heterocycles. The van der Waals surface area contributed by atoms with E-state index in [0.717, 1.165) is 28.1 Å². The molecule has 1 aromatic heterocycles. The van der Waals surface area contributed by atoms with Crippen LogP contribution in [-0.4, -0.2) is 16.4 Å². The molecule has 1 amide bonds. The van der Waals surface area contributed by atoms with E-state index in [1.54, 1.807) is 11.3 Å². The SMILES string of the molecule is NC1(C(=O)NCc2nc3ccccc3s2)CC1. The first-order valence-corrected chi connectivity index (χ1v) is 6.41. The lowest BCUT2D eigenvalue weighted by Crippen LogP contribution is -2.42. The smallest absolute Gasteiger partial charge is 0.240 e. The Morgan fingerprint density at radius 3 is 2.94 bits per heavy atom. The van der Waals surface area contributed by atoms with Crippen LogP contribution in [0.5, 0.6) is 0 Å². The van der Waals surface area contributed by atoms with E-state index >= 15 is 0 Å². The molecule has 17 heavy (non-hydrogen) atoms. The number of thiazole rings is 1. The highest BCUT2D eigenvalue weighted by Gasteiger charge is 2.45. The maximum absolute atomic E-state index is 11.7. The lowest BCUT2D eigenvalue weighted by atomic mass is 10.3. The van der Waals surface area contributed by atoms with Gasteiger partial charge in [-0.05, 0) is 25.0 Å². The Morgan fingerprint density at radius 1 is 1.47 bits per heavy atom. The molecule has 0 atom stereocenters. The Kier molecular flexibility index (Phi) is 2.38. The van der Waals surface area contributed by atoms with Crippen LogP contribution in [0.1, 0.15) is 17.8 Å². The summed E-state index contributed by atoms with van der Waals surface area (Å²) in [6.07, 6.45) is 1.58. The van der Waals surface area contributed by atoms with Crippen LogP contribution >= 0.6 is 11.3 Å². The number of carbonyl (C=O) groups excluding carboxylic acids is 1. The van der Waals surface area contributed by atoms with Crippen molar-refractivity contribution in [3.8, 4) is 0 Å². The number of para-hydroxylation sites is 1. The van der Waals surface area contributed by atoms with Gasteiger partial charge < -0.3 is 11.1 Å². The molecule has 0 aliphatic heterocycles. The second kappa shape index (κ2) is 3.78. The molecule has 88 valence electrons. The van der Waals surface area contributed by atoms with Gasteiger partial charge in [-0.15, -0.1) is 11.3 Å². The molecule has 2 aromatic rings. The molecule has 0 unspecified atom stereocenters. The Hall–Kier alpha value is -1.46. The normalized spacial score (nSPS) is 17.0. The van der Waals surface area contributed by atoms with E-state index < -0.39 is 5.54 Å². The zero-order valence-corrected chi connectivity index (χ0v) is 10.1. The van der Waals surface area contributed by atoms with Crippen LogP contribution in [-0.2, 0) is 11.3 Å². The first-order chi connectivity index (χ1) is 8.17. The summed E-state index contributed by atoms with van der Waals surface area (Å²) in [4.78, 5) is 16.1. The summed E-state index contributed by atoms with van der Waals surface area (Å²) in [5.41, 5.74) is 6.18. The molecule has 1 aliphatic carbocycles. The number of hydrogen-bond donors (Lipinski definition) is 2. The van der Waals surface area contributed by atoms with E-state index in [1.165, 1.54) is 0 Å². The van der Waals surface area contributed by atoms with Crippen LogP contribution in [0.15, 0.2) is 24.3 Å². The first-order valence-electron chi connectivity index (χ1n) is 5.59. The van der Waals surface area contributed by atoms with Gasteiger partial charge in [0, 0.05) is 0 Å². The molecule has 4 nitrogen and oxygen atoms in total. The summed E-state index contributed by atoms with van der Waals surface area (Å²) in [5, 5.41) is 3.77. The topological polar surface area (TPSA) is 68.0 Å². The predicted octanol–water partition coefficient (Wildman–Crippen LogP) is 1.40. The number of hydrogen-bond acceptors (Lipinski definition) is 4. The average Bonchev–Trinajstić information content (AvgIpc) is 2.95. The van der Waals surface area contributed by atoms with Crippen molar-refractivity contribution < 1.29 is 4.79 Å². The van der Waals surface area contributed by atoms with Crippen LogP contribution in [0.4, 0.5) is 0 Å². The third kappa shape index (κ3) is 2.03. The van der Waals surface area contributed by atoms with Crippen LogP contribution in [0.25, 0.3) is 10.2 Å². The Labute approximate surface area is 103 Å². The molecule has 5 heteroatoms. The number of amides is 1. The van der Waals surface area contributed by atoms with E-state index in [-0.39, 0.29) is 5.91 Å². The van der Waals surface area contributed by atoms with Crippen LogP contribution < -0.4 is 11.1 Å². The lowest BCUT2D eigenvalue weighted by molar-refractivity contribution is -0.123. The van der Waals surface area contributed by atoms with E-state index in [2.05, 4.69) is 10.3 Å². The third-order valence-electron chi connectivity index (χ3n) is 2.98. The number of nitrogens with one attached hydrogen (secondary N) is 1. The zero-order valence-electron chi connectivity index (χ0n) is 9.27. The molecule has 3 rings (SSSR count). The van der Waals surface area contributed by atoms with Gasteiger partial charge in [-0.3, -0.25) is 4.79 Å². The summed E-state index contributed by atoms with van der Waals surface area (Å²) in [6, 6.07) is 7.96. The van der Waals surface area contributed by atoms with Gasteiger partial charge in [-0.2, -0.15) is 0 Å². The third-order valence-corrected chi connectivity index (χ3v) is 4.02. The van der Waals surface area contributed by atoms with Crippen molar-refractivity contribution in [3.05, 3.63) is 29.3 Å². The molecule has 0 bridgehead atoms. The minimum Gasteiger partial charge on any atom is -0.348 e. The predicted molar refractivity (Wildman–Crippen MR) is 67.6 cm³/mol. The number of rotatable bonds is 3. The van der Waals surface area contributed by atoms with Gasteiger partial charge in [-0.1, -0.05) is 12.1 Å². The van der Waals surface area contributed by atoms with Crippen molar-refractivity contribution in [1.82, 2.24) is 10.3 Å². The molecule has 0 radical (unpaired) electrons. The zero-order chi connectivity index (χ0) is 11.9. The second-order valence-corrected chi connectivity index (χ2v) is 5.53. The molecule has 0 spiro atoms. The minimum absolute atomic E-state index is 0.0586. The summed E-state index contributed by atoms with van der Waals surface area (Å²) < 4.78 is 1.14. The van der Waals surface area contributed by atoms with Gasteiger partial charge in [-0.25, -0.2) is 4.98 Å². The number of nitrogens with zero attached hydrogens (tertiary/aromatic N) is 1. The van der Waals surface area contributed by atoms with Crippen molar-refractivity contribution in [2.75, 3.05) is 0 Å². The Balaban J connectivity index is 1.70. The molecule has 1 fully saturated rings. The molecular formula is C12H13N3OS. The lowest BCUT2D eigenvalue weighted by Gasteiger charge is -2.07. The van der Waals surface area contributed by atoms with Crippen LogP contribution in [0.3, 0.4) is 0 Å². The fraction of sp³-hybridized carbons (Fsp3) is 0.333. The Morgan fingerprint density at radius 2 is 2.24 bits per heavy atom. The fourth-order valence-corrected chi connectivity index (χ4v) is 2.60. The first kappa shape index (κ1) is 10.7. The van der Waals surface area contributed by atoms with E-state index in [4.69, 9.17) is 5.73 Å². The molecule has 3 N–H and O–H groups in total. The summed E-state index contributed by atoms with van der Waals surface area (Å²) in [6.45, 7) is 0.469. The van der Waals surface area contributed by atoms with E-state index in [1.807, 2.05) is 24.3 Å². The van der Waals surface area contributed by atoms with Gasteiger partial charge >= 0.3 is 0 Å².